The van der Waals surface area contributed by atoms with E-state index >= 15 is 0 Å². The van der Waals surface area contributed by atoms with Gasteiger partial charge in [-0.15, -0.1) is 0 Å². The number of anilines is 1. The molecule has 108 valence electrons. The minimum Gasteiger partial charge on any atom is -0.384 e. The van der Waals surface area contributed by atoms with E-state index in [1.54, 1.807) is 0 Å². The molecular weight excluding hydrogens is 256 g/mol. The van der Waals surface area contributed by atoms with Gasteiger partial charge in [-0.25, -0.2) is 0 Å². The third kappa shape index (κ3) is 3.15. The first-order valence-corrected chi connectivity index (χ1v) is 7.90. The Kier molecular flexibility index (Phi) is 4.34. The summed E-state index contributed by atoms with van der Waals surface area (Å²) in [6.45, 7) is 3.28. The van der Waals surface area contributed by atoms with Crippen LogP contribution in [0, 0.1) is 0 Å². The van der Waals surface area contributed by atoms with Gasteiger partial charge in [0, 0.05) is 23.8 Å². The minimum absolute atomic E-state index is 1.03. The summed E-state index contributed by atoms with van der Waals surface area (Å²) in [5, 5.41) is 7.30. The fourth-order valence-electron chi connectivity index (χ4n) is 2.76. The molecule has 0 aliphatic carbocycles. The fraction of sp³-hybridized carbons (Fsp3) is 0.316. The predicted molar refractivity (Wildman–Crippen MR) is 91.9 cm³/mol. The molecule has 0 bridgehead atoms. The van der Waals surface area contributed by atoms with E-state index in [1.807, 2.05) is 6.20 Å². The van der Waals surface area contributed by atoms with Crippen molar-refractivity contribution in [2.45, 2.75) is 32.6 Å². The first kappa shape index (κ1) is 13.9. The fourth-order valence-corrected chi connectivity index (χ4v) is 2.76. The predicted octanol–water partition coefficient (Wildman–Crippen LogP) is 5.38. The van der Waals surface area contributed by atoms with Crippen LogP contribution in [0.2, 0.25) is 0 Å². The summed E-state index contributed by atoms with van der Waals surface area (Å²) < 4.78 is 0. The number of nitrogens with zero attached hydrogens (tertiary/aromatic N) is 1. The normalized spacial score (nSPS) is 11.1. The first-order valence-electron chi connectivity index (χ1n) is 7.90. The van der Waals surface area contributed by atoms with E-state index in [2.05, 4.69) is 59.7 Å². The summed E-state index contributed by atoms with van der Waals surface area (Å²) in [5.74, 6) is 0. The van der Waals surface area contributed by atoms with E-state index in [9.17, 15) is 0 Å². The second kappa shape index (κ2) is 6.57. The van der Waals surface area contributed by atoms with Crippen LogP contribution >= 0.6 is 0 Å². The quantitative estimate of drug-likeness (QED) is 0.483. The molecular formula is C19H22N2. The van der Waals surface area contributed by atoms with Gasteiger partial charge in [0.2, 0.25) is 0 Å². The molecule has 1 heterocycles. The molecule has 0 atom stereocenters. The molecule has 3 rings (SSSR count). The summed E-state index contributed by atoms with van der Waals surface area (Å²) in [6.07, 6.45) is 7.03. The molecule has 0 fully saturated rings. The maximum Gasteiger partial charge on any atom is 0.0729 e. The van der Waals surface area contributed by atoms with Crippen LogP contribution < -0.4 is 5.32 Å². The van der Waals surface area contributed by atoms with Crippen molar-refractivity contribution in [1.82, 2.24) is 4.98 Å². The molecule has 0 saturated heterocycles. The molecule has 0 aliphatic rings. The largest absolute Gasteiger partial charge is 0.384 e. The van der Waals surface area contributed by atoms with Crippen molar-refractivity contribution in [3.05, 3.63) is 48.7 Å². The molecule has 0 unspecified atom stereocenters. The molecule has 21 heavy (non-hydrogen) atoms. The Morgan fingerprint density at radius 1 is 0.952 bits per heavy atom. The molecule has 0 aliphatic heterocycles. The van der Waals surface area contributed by atoms with Gasteiger partial charge < -0.3 is 5.32 Å². The zero-order valence-corrected chi connectivity index (χ0v) is 12.6. The van der Waals surface area contributed by atoms with E-state index in [4.69, 9.17) is 0 Å². The van der Waals surface area contributed by atoms with Crippen molar-refractivity contribution in [1.29, 1.82) is 0 Å². The summed E-state index contributed by atoms with van der Waals surface area (Å²) in [5.41, 5.74) is 2.26. The van der Waals surface area contributed by atoms with Gasteiger partial charge in [-0.1, -0.05) is 50.5 Å². The molecule has 3 aromatic rings. The average molecular weight is 278 g/mol. The van der Waals surface area contributed by atoms with E-state index in [0.29, 0.717) is 0 Å². The van der Waals surface area contributed by atoms with Crippen LogP contribution in [0.4, 0.5) is 5.69 Å². The first-order chi connectivity index (χ1) is 10.4. The van der Waals surface area contributed by atoms with Crippen molar-refractivity contribution in [3.8, 4) is 0 Å². The van der Waals surface area contributed by atoms with Crippen molar-refractivity contribution in [3.63, 3.8) is 0 Å². The topological polar surface area (TPSA) is 24.9 Å². The zero-order chi connectivity index (χ0) is 14.5. The molecule has 0 amide bonds. The Labute approximate surface area is 126 Å². The second-order valence-electron chi connectivity index (χ2n) is 5.56. The van der Waals surface area contributed by atoms with Gasteiger partial charge in [0.1, 0.15) is 0 Å². The van der Waals surface area contributed by atoms with Crippen LogP contribution in [0.1, 0.15) is 32.6 Å². The van der Waals surface area contributed by atoms with Crippen LogP contribution in [0.15, 0.2) is 48.7 Å². The van der Waals surface area contributed by atoms with Crippen LogP contribution in [0.25, 0.3) is 21.7 Å². The number of hydrogen-bond acceptors (Lipinski definition) is 2. The average Bonchev–Trinajstić information content (AvgIpc) is 2.53. The van der Waals surface area contributed by atoms with Crippen LogP contribution in [0.3, 0.4) is 0 Å². The number of nitrogens with one attached hydrogen (secondary N) is 1. The van der Waals surface area contributed by atoms with E-state index in [-0.39, 0.29) is 0 Å². The lowest BCUT2D eigenvalue weighted by molar-refractivity contribution is 0.685. The highest BCUT2D eigenvalue weighted by Crippen LogP contribution is 2.26. The van der Waals surface area contributed by atoms with Gasteiger partial charge in [0.05, 0.1) is 5.52 Å². The molecule has 2 heteroatoms. The lowest BCUT2D eigenvalue weighted by Crippen LogP contribution is -2.02. The Bertz CT molecular complexity index is 734. The van der Waals surface area contributed by atoms with Gasteiger partial charge in [-0.2, -0.15) is 0 Å². The van der Waals surface area contributed by atoms with Crippen molar-refractivity contribution >= 4 is 27.4 Å². The third-order valence-electron chi connectivity index (χ3n) is 3.95. The Morgan fingerprint density at radius 2 is 1.76 bits per heavy atom. The minimum atomic E-state index is 1.03. The Hall–Kier alpha value is -2.09. The smallest absolute Gasteiger partial charge is 0.0729 e. The molecule has 0 radical (unpaired) electrons. The highest BCUT2D eigenvalue weighted by atomic mass is 14.9. The highest BCUT2D eigenvalue weighted by Gasteiger charge is 2.03. The summed E-state index contributed by atoms with van der Waals surface area (Å²) in [7, 11) is 0. The SMILES string of the molecule is CCCCCCNc1ccnc2cc3ccccc3cc12. The zero-order valence-electron chi connectivity index (χ0n) is 12.6. The summed E-state index contributed by atoms with van der Waals surface area (Å²) in [6, 6.07) is 15.0. The van der Waals surface area contributed by atoms with E-state index in [1.165, 1.54) is 47.5 Å². The lowest BCUT2D eigenvalue weighted by Gasteiger charge is -2.10. The molecule has 2 nitrogen and oxygen atoms in total. The van der Waals surface area contributed by atoms with Crippen molar-refractivity contribution in [2.75, 3.05) is 11.9 Å². The number of unbranched alkanes of at least 4 members (excludes halogenated alkanes) is 3. The summed E-state index contributed by atoms with van der Waals surface area (Å²) >= 11 is 0. The maximum absolute atomic E-state index is 4.51. The highest BCUT2D eigenvalue weighted by molar-refractivity contribution is 6.01. The third-order valence-corrected chi connectivity index (χ3v) is 3.95. The van der Waals surface area contributed by atoms with Crippen molar-refractivity contribution in [2.24, 2.45) is 0 Å². The standard InChI is InChI=1S/C19H22N2/c1-2-3-4-7-11-20-18-10-12-21-19-14-16-9-6-5-8-15(16)13-17(18)19/h5-6,8-10,12-14H,2-4,7,11H2,1H3,(H,20,21). The molecule has 1 N–H and O–H groups in total. The van der Waals surface area contributed by atoms with Gasteiger partial charge in [0.25, 0.3) is 0 Å². The van der Waals surface area contributed by atoms with Gasteiger partial charge in [-0.05, 0) is 35.4 Å². The summed E-state index contributed by atoms with van der Waals surface area (Å²) in [4.78, 5) is 4.51. The lowest BCUT2D eigenvalue weighted by atomic mass is 10.1. The van der Waals surface area contributed by atoms with Crippen LogP contribution in [0.5, 0.6) is 0 Å². The number of aromatic nitrogens is 1. The Morgan fingerprint density at radius 3 is 2.57 bits per heavy atom. The van der Waals surface area contributed by atoms with Crippen LogP contribution in [-0.4, -0.2) is 11.5 Å². The van der Waals surface area contributed by atoms with E-state index < -0.39 is 0 Å². The Balaban J connectivity index is 1.86. The van der Waals surface area contributed by atoms with Crippen molar-refractivity contribution < 1.29 is 0 Å². The van der Waals surface area contributed by atoms with Gasteiger partial charge >= 0.3 is 0 Å². The van der Waals surface area contributed by atoms with E-state index in [0.717, 1.165) is 12.1 Å². The number of benzene rings is 2. The second-order valence-corrected chi connectivity index (χ2v) is 5.56. The molecule has 2 aromatic carbocycles. The molecule has 0 saturated carbocycles. The number of fused-ring (bicyclic) bond motifs is 2. The van der Waals surface area contributed by atoms with Gasteiger partial charge in [-0.3, -0.25) is 4.98 Å². The number of pyridine rings is 1. The van der Waals surface area contributed by atoms with Gasteiger partial charge in [0.15, 0.2) is 0 Å². The number of hydrogen-bond donors (Lipinski definition) is 1. The maximum atomic E-state index is 4.51. The molecule has 0 spiro atoms. The number of rotatable bonds is 6. The molecule has 1 aromatic heterocycles. The van der Waals surface area contributed by atoms with Crippen LogP contribution in [-0.2, 0) is 0 Å². The monoisotopic (exact) mass is 278 g/mol.